The standard InChI is InChI=1S/C10H14N4O4S/c1-6-12-3-7(5-15)10(13-6)14-4-8(2-9(14)16)19(11,17)18/h3,8,15H,2,4-5H2,1H3,(H2,11,17,18). The van der Waals surface area contributed by atoms with E-state index in [1.807, 2.05) is 0 Å². The number of aliphatic hydroxyl groups is 1. The predicted molar refractivity (Wildman–Crippen MR) is 66.6 cm³/mol. The number of aryl methyl sites for hydroxylation is 1. The first-order chi connectivity index (χ1) is 8.82. The quantitative estimate of drug-likeness (QED) is 0.709. The molecule has 2 rings (SSSR count). The highest BCUT2D eigenvalue weighted by Crippen LogP contribution is 2.25. The predicted octanol–water partition coefficient (Wildman–Crippen LogP) is -1.33. The maximum absolute atomic E-state index is 11.9. The summed E-state index contributed by atoms with van der Waals surface area (Å²) >= 11 is 0. The fraction of sp³-hybridized carbons (Fsp3) is 0.500. The number of nitrogens with zero attached hydrogens (tertiary/aromatic N) is 3. The Morgan fingerprint density at radius 3 is 2.79 bits per heavy atom. The fourth-order valence-electron chi connectivity index (χ4n) is 1.93. The smallest absolute Gasteiger partial charge is 0.229 e. The van der Waals surface area contributed by atoms with Crippen molar-refractivity contribution < 1.29 is 18.3 Å². The molecule has 19 heavy (non-hydrogen) atoms. The van der Waals surface area contributed by atoms with Gasteiger partial charge in [-0.15, -0.1) is 0 Å². The molecule has 0 saturated carbocycles. The molecule has 2 heterocycles. The third-order valence-corrected chi connectivity index (χ3v) is 4.19. The molecule has 1 atom stereocenters. The second-order valence-corrected chi connectivity index (χ2v) is 6.19. The van der Waals surface area contributed by atoms with Gasteiger partial charge in [-0.05, 0) is 6.92 Å². The average Bonchev–Trinajstić information content (AvgIpc) is 2.71. The number of carbonyl (C=O) groups is 1. The van der Waals surface area contributed by atoms with Crippen LogP contribution in [-0.4, -0.2) is 41.2 Å². The maximum Gasteiger partial charge on any atom is 0.229 e. The van der Waals surface area contributed by atoms with E-state index in [4.69, 9.17) is 5.14 Å². The highest BCUT2D eigenvalue weighted by molar-refractivity contribution is 7.89. The largest absolute Gasteiger partial charge is 0.391 e. The van der Waals surface area contributed by atoms with Gasteiger partial charge in [-0.2, -0.15) is 0 Å². The maximum atomic E-state index is 11.9. The second-order valence-electron chi connectivity index (χ2n) is 4.34. The van der Waals surface area contributed by atoms with Gasteiger partial charge in [-0.3, -0.25) is 9.69 Å². The van der Waals surface area contributed by atoms with Gasteiger partial charge in [0.15, 0.2) is 0 Å². The lowest BCUT2D eigenvalue weighted by Gasteiger charge is -2.18. The van der Waals surface area contributed by atoms with Gasteiger partial charge in [-0.1, -0.05) is 0 Å². The van der Waals surface area contributed by atoms with Crippen molar-refractivity contribution in [2.75, 3.05) is 11.4 Å². The molecular formula is C10H14N4O4S. The van der Waals surface area contributed by atoms with E-state index in [2.05, 4.69) is 9.97 Å². The summed E-state index contributed by atoms with van der Waals surface area (Å²) in [5.74, 6) is 0.289. The molecule has 8 nitrogen and oxygen atoms in total. The van der Waals surface area contributed by atoms with Gasteiger partial charge in [0.05, 0.1) is 6.61 Å². The first kappa shape index (κ1) is 13.8. The Morgan fingerprint density at radius 2 is 2.26 bits per heavy atom. The number of sulfonamides is 1. The first-order valence-corrected chi connectivity index (χ1v) is 7.19. The average molecular weight is 286 g/mol. The van der Waals surface area contributed by atoms with E-state index in [0.29, 0.717) is 11.4 Å². The van der Waals surface area contributed by atoms with Crippen molar-refractivity contribution in [1.82, 2.24) is 9.97 Å². The van der Waals surface area contributed by atoms with E-state index < -0.39 is 15.3 Å². The summed E-state index contributed by atoms with van der Waals surface area (Å²) in [4.78, 5) is 21.1. The number of anilines is 1. The normalized spacial score (nSPS) is 20.1. The SMILES string of the molecule is Cc1ncc(CO)c(N2CC(S(N)(=O)=O)CC2=O)n1. The summed E-state index contributed by atoms with van der Waals surface area (Å²) in [5, 5.41) is 13.3. The van der Waals surface area contributed by atoms with Crippen molar-refractivity contribution in [1.29, 1.82) is 0 Å². The summed E-state index contributed by atoms with van der Waals surface area (Å²) in [7, 11) is -3.77. The molecule has 1 amide bonds. The van der Waals surface area contributed by atoms with Gasteiger partial charge in [0.25, 0.3) is 0 Å². The van der Waals surface area contributed by atoms with Crippen LogP contribution in [0.4, 0.5) is 5.82 Å². The number of hydrogen-bond acceptors (Lipinski definition) is 6. The number of rotatable bonds is 3. The number of amides is 1. The van der Waals surface area contributed by atoms with Crippen LogP contribution in [0.25, 0.3) is 0 Å². The molecule has 1 unspecified atom stereocenters. The first-order valence-electron chi connectivity index (χ1n) is 5.58. The van der Waals surface area contributed by atoms with Crippen molar-refractivity contribution >= 4 is 21.7 Å². The summed E-state index contributed by atoms with van der Waals surface area (Å²) < 4.78 is 22.6. The van der Waals surface area contributed by atoms with Gasteiger partial charge in [0, 0.05) is 24.7 Å². The van der Waals surface area contributed by atoms with Crippen LogP contribution in [0.5, 0.6) is 0 Å². The summed E-state index contributed by atoms with van der Waals surface area (Å²) in [6.45, 7) is 1.25. The Bertz CT molecular complexity index is 616. The Kier molecular flexibility index (Phi) is 3.52. The van der Waals surface area contributed by atoms with E-state index in [9.17, 15) is 18.3 Å². The van der Waals surface area contributed by atoms with E-state index >= 15 is 0 Å². The van der Waals surface area contributed by atoms with Crippen LogP contribution in [-0.2, 0) is 21.4 Å². The number of aliphatic hydroxyl groups excluding tert-OH is 1. The molecule has 3 N–H and O–H groups in total. The second kappa shape index (κ2) is 4.83. The number of hydrogen-bond donors (Lipinski definition) is 2. The van der Waals surface area contributed by atoms with Gasteiger partial charge in [0.1, 0.15) is 16.9 Å². The molecular weight excluding hydrogens is 272 g/mol. The third kappa shape index (κ3) is 2.72. The molecule has 0 bridgehead atoms. The zero-order valence-electron chi connectivity index (χ0n) is 10.3. The van der Waals surface area contributed by atoms with Gasteiger partial charge < -0.3 is 5.11 Å². The van der Waals surface area contributed by atoms with Crippen LogP contribution in [0.15, 0.2) is 6.20 Å². The van der Waals surface area contributed by atoms with Crippen LogP contribution in [0.2, 0.25) is 0 Å². The van der Waals surface area contributed by atoms with Gasteiger partial charge in [-0.25, -0.2) is 23.5 Å². The van der Waals surface area contributed by atoms with Crippen molar-refractivity contribution in [3.63, 3.8) is 0 Å². The molecule has 0 radical (unpaired) electrons. The molecule has 1 fully saturated rings. The number of aromatic nitrogens is 2. The van der Waals surface area contributed by atoms with E-state index in [0.717, 1.165) is 0 Å². The van der Waals surface area contributed by atoms with Crippen molar-refractivity contribution in [2.24, 2.45) is 5.14 Å². The van der Waals surface area contributed by atoms with E-state index in [1.165, 1.54) is 11.1 Å². The lowest BCUT2D eigenvalue weighted by Crippen LogP contribution is -2.33. The van der Waals surface area contributed by atoms with Crippen LogP contribution in [0, 0.1) is 6.92 Å². The zero-order valence-corrected chi connectivity index (χ0v) is 11.1. The number of carbonyl (C=O) groups excluding carboxylic acids is 1. The molecule has 1 aliphatic heterocycles. The highest BCUT2D eigenvalue weighted by atomic mass is 32.2. The highest BCUT2D eigenvalue weighted by Gasteiger charge is 2.38. The van der Waals surface area contributed by atoms with Crippen molar-refractivity contribution in [2.45, 2.75) is 25.2 Å². The molecule has 1 aliphatic rings. The lowest BCUT2D eigenvalue weighted by atomic mass is 10.3. The van der Waals surface area contributed by atoms with Crippen molar-refractivity contribution in [3.05, 3.63) is 17.6 Å². The number of nitrogens with two attached hydrogens (primary N) is 1. The molecule has 9 heteroatoms. The van der Waals surface area contributed by atoms with E-state index in [1.54, 1.807) is 6.92 Å². The molecule has 1 aromatic heterocycles. The van der Waals surface area contributed by atoms with Crippen LogP contribution in [0.3, 0.4) is 0 Å². The summed E-state index contributed by atoms with van der Waals surface area (Å²) in [6.07, 6.45) is 1.24. The molecule has 0 aromatic carbocycles. The third-order valence-electron chi connectivity index (χ3n) is 2.94. The topological polar surface area (TPSA) is 126 Å². The zero-order chi connectivity index (χ0) is 14.2. The summed E-state index contributed by atoms with van der Waals surface area (Å²) in [6, 6.07) is 0. The fourth-order valence-corrected chi connectivity index (χ4v) is 2.66. The van der Waals surface area contributed by atoms with Gasteiger partial charge in [0.2, 0.25) is 15.9 Å². The minimum Gasteiger partial charge on any atom is -0.391 e. The Morgan fingerprint density at radius 1 is 1.58 bits per heavy atom. The van der Waals surface area contributed by atoms with Crippen LogP contribution < -0.4 is 10.0 Å². The molecule has 0 aliphatic carbocycles. The molecule has 104 valence electrons. The molecule has 0 spiro atoms. The Hall–Kier alpha value is -1.58. The van der Waals surface area contributed by atoms with Crippen LogP contribution >= 0.6 is 0 Å². The Balaban J connectivity index is 2.38. The Labute approximate surface area is 110 Å². The molecule has 1 saturated heterocycles. The monoisotopic (exact) mass is 286 g/mol. The van der Waals surface area contributed by atoms with Crippen LogP contribution in [0.1, 0.15) is 17.8 Å². The lowest BCUT2D eigenvalue weighted by molar-refractivity contribution is -0.117. The van der Waals surface area contributed by atoms with Crippen molar-refractivity contribution in [3.8, 4) is 0 Å². The van der Waals surface area contributed by atoms with Gasteiger partial charge >= 0.3 is 0 Å². The summed E-state index contributed by atoms with van der Waals surface area (Å²) in [5.41, 5.74) is 0.369. The number of primary sulfonamides is 1. The molecule has 1 aromatic rings. The van der Waals surface area contributed by atoms with E-state index in [-0.39, 0.29) is 31.3 Å². The minimum atomic E-state index is -3.77. The minimum absolute atomic E-state index is 0.0544.